The standard InChI is InChI=1S/C18H19NO2.C2HF3O2/c1-13-11-15(8-10-17(13)18(20)21)7-9-16(19)12-14-5-3-2-4-6-14;3-2(4,5)1(6)7/h2-11,16H,12,19H2,1H3,(H,20,21);(H,6,7)/b9-7+;/t16-;/m1./s1. The number of nitrogens with two attached hydrogens (primary N) is 1. The quantitative estimate of drug-likeness (QED) is 0.713. The van der Waals surface area contributed by atoms with E-state index in [-0.39, 0.29) is 6.04 Å². The lowest BCUT2D eigenvalue weighted by atomic mass is 10.0. The summed E-state index contributed by atoms with van der Waals surface area (Å²) >= 11 is 0. The van der Waals surface area contributed by atoms with Gasteiger partial charge in [0, 0.05) is 6.04 Å². The Bertz CT molecular complexity index is 833. The van der Waals surface area contributed by atoms with Crippen molar-refractivity contribution in [1.29, 1.82) is 0 Å². The molecule has 0 fully saturated rings. The van der Waals surface area contributed by atoms with Gasteiger partial charge in [-0.05, 0) is 36.1 Å². The molecular formula is C20H20F3NO4. The number of aryl methyl sites for hydroxylation is 1. The van der Waals surface area contributed by atoms with Crippen LogP contribution in [0.2, 0.25) is 0 Å². The van der Waals surface area contributed by atoms with Gasteiger partial charge in [0.2, 0.25) is 0 Å². The van der Waals surface area contributed by atoms with Crippen molar-refractivity contribution in [1.82, 2.24) is 0 Å². The van der Waals surface area contributed by atoms with Crippen LogP contribution >= 0.6 is 0 Å². The molecule has 0 aliphatic rings. The van der Waals surface area contributed by atoms with Gasteiger partial charge in [-0.25, -0.2) is 9.59 Å². The van der Waals surface area contributed by atoms with Gasteiger partial charge in [-0.1, -0.05) is 54.6 Å². The number of aromatic carboxylic acids is 1. The van der Waals surface area contributed by atoms with Gasteiger partial charge in [0.15, 0.2) is 0 Å². The molecule has 0 saturated carbocycles. The van der Waals surface area contributed by atoms with Crippen molar-refractivity contribution < 1.29 is 33.0 Å². The van der Waals surface area contributed by atoms with Crippen LogP contribution in [0.25, 0.3) is 6.08 Å². The summed E-state index contributed by atoms with van der Waals surface area (Å²) in [7, 11) is 0. The molecule has 0 aliphatic heterocycles. The minimum atomic E-state index is -5.08. The van der Waals surface area contributed by atoms with Gasteiger partial charge in [0.1, 0.15) is 0 Å². The lowest BCUT2D eigenvalue weighted by Gasteiger charge is -2.07. The van der Waals surface area contributed by atoms with Crippen LogP contribution in [0.1, 0.15) is 27.0 Å². The second kappa shape index (κ2) is 10.3. The highest BCUT2D eigenvalue weighted by molar-refractivity contribution is 5.89. The van der Waals surface area contributed by atoms with Crippen LogP contribution in [0.5, 0.6) is 0 Å². The van der Waals surface area contributed by atoms with E-state index >= 15 is 0 Å². The molecule has 0 bridgehead atoms. The molecule has 5 nitrogen and oxygen atoms in total. The second-order valence-electron chi connectivity index (χ2n) is 5.90. The number of benzene rings is 2. The van der Waals surface area contributed by atoms with Crippen molar-refractivity contribution in [3.8, 4) is 0 Å². The monoisotopic (exact) mass is 395 g/mol. The number of halogens is 3. The molecule has 2 aromatic rings. The van der Waals surface area contributed by atoms with Crippen LogP contribution in [0.15, 0.2) is 54.6 Å². The summed E-state index contributed by atoms with van der Waals surface area (Å²) in [6, 6.07) is 15.3. The van der Waals surface area contributed by atoms with Gasteiger partial charge < -0.3 is 15.9 Å². The summed E-state index contributed by atoms with van der Waals surface area (Å²) in [6.07, 6.45) is -0.419. The SMILES string of the molecule is Cc1cc(/C=C/[C@@H](N)Cc2ccccc2)ccc1C(=O)O.O=C(O)C(F)(F)F. The Kier molecular flexibility index (Phi) is 8.40. The minimum absolute atomic E-state index is 0.0631. The Hall–Kier alpha value is -3.13. The molecule has 150 valence electrons. The van der Waals surface area contributed by atoms with Gasteiger partial charge in [-0.15, -0.1) is 0 Å². The van der Waals surface area contributed by atoms with Crippen LogP contribution in [-0.4, -0.2) is 34.4 Å². The number of rotatable bonds is 5. The predicted molar refractivity (Wildman–Crippen MR) is 99.0 cm³/mol. The molecule has 0 amide bonds. The molecule has 4 N–H and O–H groups in total. The van der Waals surface area contributed by atoms with Gasteiger partial charge in [0.05, 0.1) is 5.56 Å². The number of aliphatic carboxylic acids is 1. The van der Waals surface area contributed by atoms with E-state index in [0.29, 0.717) is 5.56 Å². The van der Waals surface area contributed by atoms with Crippen molar-refractivity contribution in [3.63, 3.8) is 0 Å². The highest BCUT2D eigenvalue weighted by Gasteiger charge is 2.38. The molecule has 0 saturated heterocycles. The normalized spacial score (nSPS) is 12.2. The van der Waals surface area contributed by atoms with Crippen molar-refractivity contribution in [2.24, 2.45) is 5.73 Å². The van der Waals surface area contributed by atoms with Crippen LogP contribution < -0.4 is 5.73 Å². The van der Waals surface area contributed by atoms with Gasteiger partial charge in [-0.3, -0.25) is 0 Å². The molecular weight excluding hydrogens is 375 g/mol. The zero-order chi connectivity index (χ0) is 21.3. The number of carbonyl (C=O) groups is 2. The van der Waals surface area contributed by atoms with E-state index in [4.69, 9.17) is 20.7 Å². The third kappa shape index (κ3) is 8.05. The lowest BCUT2D eigenvalue weighted by Crippen LogP contribution is -2.21. The fourth-order valence-electron chi connectivity index (χ4n) is 2.22. The van der Waals surface area contributed by atoms with Crippen LogP contribution in [0.4, 0.5) is 13.2 Å². The molecule has 0 radical (unpaired) electrons. The van der Waals surface area contributed by atoms with E-state index in [9.17, 15) is 18.0 Å². The van der Waals surface area contributed by atoms with Gasteiger partial charge >= 0.3 is 18.1 Å². The number of alkyl halides is 3. The largest absolute Gasteiger partial charge is 0.490 e. The number of hydrogen-bond acceptors (Lipinski definition) is 3. The van der Waals surface area contributed by atoms with Crippen LogP contribution in [0.3, 0.4) is 0 Å². The van der Waals surface area contributed by atoms with Crippen molar-refractivity contribution in [3.05, 3.63) is 76.9 Å². The zero-order valence-corrected chi connectivity index (χ0v) is 15.0. The average Bonchev–Trinajstić information content (AvgIpc) is 2.60. The van der Waals surface area contributed by atoms with Crippen molar-refractivity contribution in [2.45, 2.75) is 25.6 Å². The Balaban J connectivity index is 0.000000480. The third-order valence-corrected chi connectivity index (χ3v) is 3.57. The topological polar surface area (TPSA) is 101 Å². The second-order valence-corrected chi connectivity index (χ2v) is 5.90. The first-order chi connectivity index (χ1) is 13.0. The summed E-state index contributed by atoms with van der Waals surface area (Å²) in [5.41, 5.74) is 9.33. The van der Waals surface area contributed by atoms with Gasteiger partial charge in [-0.2, -0.15) is 13.2 Å². The van der Waals surface area contributed by atoms with E-state index < -0.39 is 18.1 Å². The third-order valence-electron chi connectivity index (χ3n) is 3.57. The molecule has 0 unspecified atom stereocenters. The molecule has 0 heterocycles. The highest BCUT2D eigenvalue weighted by Crippen LogP contribution is 2.14. The molecule has 1 atom stereocenters. The maximum Gasteiger partial charge on any atom is 0.490 e. The number of hydrogen-bond donors (Lipinski definition) is 3. The summed E-state index contributed by atoms with van der Waals surface area (Å²) in [6.45, 7) is 1.80. The lowest BCUT2D eigenvalue weighted by molar-refractivity contribution is -0.192. The number of carboxylic acids is 2. The summed E-state index contributed by atoms with van der Waals surface area (Å²) < 4.78 is 31.7. The average molecular weight is 395 g/mol. The maximum absolute atomic E-state index is 11.0. The smallest absolute Gasteiger partial charge is 0.478 e. The summed E-state index contributed by atoms with van der Waals surface area (Å²) in [5.74, 6) is -3.66. The predicted octanol–water partition coefficient (Wildman–Crippen LogP) is 3.91. The first kappa shape index (κ1) is 22.9. The molecule has 8 heteroatoms. The Labute approximate surface area is 159 Å². The minimum Gasteiger partial charge on any atom is -0.478 e. The van der Waals surface area contributed by atoms with Gasteiger partial charge in [0.25, 0.3) is 0 Å². The molecule has 2 aromatic carbocycles. The fraction of sp³-hybridized carbons (Fsp3) is 0.200. The molecule has 2 rings (SSSR count). The van der Waals surface area contributed by atoms with E-state index in [1.165, 1.54) is 5.56 Å². The molecule has 0 aliphatic carbocycles. The Morgan fingerprint density at radius 2 is 1.68 bits per heavy atom. The fourth-order valence-corrected chi connectivity index (χ4v) is 2.22. The molecule has 0 aromatic heterocycles. The Morgan fingerprint density at radius 1 is 1.11 bits per heavy atom. The first-order valence-electron chi connectivity index (χ1n) is 8.12. The molecule has 0 spiro atoms. The Morgan fingerprint density at radius 3 is 2.14 bits per heavy atom. The number of carboxylic acid groups (broad SMARTS) is 2. The van der Waals surface area contributed by atoms with E-state index in [0.717, 1.165) is 17.5 Å². The zero-order valence-electron chi connectivity index (χ0n) is 15.0. The van der Waals surface area contributed by atoms with Crippen molar-refractivity contribution in [2.75, 3.05) is 0 Å². The summed E-state index contributed by atoms with van der Waals surface area (Å²) in [4.78, 5) is 19.9. The van der Waals surface area contributed by atoms with E-state index in [1.807, 2.05) is 36.4 Å². The van der Waals surface area contributed by atoms with E-state index in [1.54, 1.807) is 19.1 Å². The van der Waals surface area contributed by atoms with Crippen LogP contribution in [-0.2, 0) is 11.2 Å². The first-order valence-corrected chi connectivity index (χ1v) is 8.12. The molecule has 28 heavy (non-hydrogen) atoms. The summed E-state index contributed by atoms with van der Waals surface area (Å²) in [5, 5.41) is 16.1. The maximum atomic E-state index is 11.0. The highest BCUT2D eigenvalue weighted by atomic mass is 19.4. The van der Waals surface area contributed by atoms with Crippen molar-refractivity contribution >= 4 is 18.0 Å². The van der Waals surface area contributed by atoms with Crippen LogP contribution in [0, 0.1) is 6.92 Å². The van der Waals surface area contributed by atoms with E-state index in [2.05, 4.69) is 12.1 Å².